The molecule has 5 heteroatoms. The Bertz CT molecular complexity index is 475. The molecule has 1 aliphatic rings. The molecule has 0 aromatic heterocycles. The second-order valence-electron chi connectivity index (χ2n) is 4.47. The summed E-state index contributed by atoms with van der Waals surface area (Å²) in [5.41, 5.74) is 0.938. The summed E-state index contributed by atoms with van der Waals surface area (Å²) in [6.07, 6.45) is 0.880. The van der Waals surface area contributed by atoms with E-state index in [0.717, 1.165) is 10.0 Å². The molecule has 0 bridgehead atoms. The quantitative estimate of drug-likeness (QED) is 0.928. The molecule has 1 unspecified atom stereocenters. The van der Waals surface area contributed by atoms with Crippen LogP contribution in [0.3, 0.4) is 0 Å². The molecule has 1 atom stereocenters. The molecular formula is C13H14BrNO3. The summed E-state index contributed by atoms with van der Waals surface area (Å²) in [4.78, 5) is 24.5. The van der Waals surface area contributed by atoms with Crippen LogP contribution in [0.4, 0.5) is 0 Å². The molecule has 1 saturated heterocycles. The zero-order chi connectivity index (χ0) is 13.1. The van der Waals surface area contributed by atoms with Gasteiger partial charge in [-0.15, -0.1) is 0 Å². The van der Waals surface area contributed by atoms with Crippen LogP contribution in [0.1, 0.15) is 12.0 Å². The van der Waals surface area contributed by atoms with Crippen LogP contribution in [0.2, 0.25) is 0 Å². The summed E-state index contributed by atoms with van der Waals surface area (Å²) >= 11 is 3.36. The van der Waals surface area contributed by atoms with Crippen LogP contribution in [0.25, 0.3) is 0 Å². The molecule has 1 fully saturated rings. The topological polar surface area (TPSA) is 57.6 Å². The number of carboxylic acids is 1. The Morgan fingerprint density at radius 2 is 2.22 bits per heavy atom. The molecule has 1 aromatic rings. The van der Waals surface area contributed by atoms with Crippen LogP contribution >= 0.6 is 15.9 Å². The average Bonchev–Trinajstić information content (AvgIpc) is 2.78. The fraction of sp³-hybridized carbons (Fsp3) is 0.385. The second-order valence-corrected chi connectivity index (χ2v) is 5.39. The lowest BCUT2D eigenvalue weighted by molar-refractivity contribution is -0.141. The molecule has 0 spiro atoms. The predicted octanol–water partition coefficient (Wildman–Crippen LogP) is 1.92. The smallest absolute Gasteiger partial charge is 0.308 e. The molecule has 1 N–H and O–H groups in total. The van der Waals surface area contributed by atoms with Crippen LogP contribution in [-0.2, 0) is 16.0 Å². The summed E-state index contributed by atoms with van der Waals surface area (Å²) in [5, 5.41) is 8.89. The lowest BCUT2D eigenvalue weighted by Crippen LogP contribution is -2.31. The average molecular weight is 312 g/mol. The minimum Gasteiger partial charge on any atom is -0.481 e. The fourth-order valence-electron chi connectivity index (χ4n) is 2.12. The van der Waals surface area contributed by atoms with Gasteiger partial charge in [0.1, 0.15) is 0 Å². The highest BCUT2D eigenvalue weighted by Gasteiger charge is 2.30. The van der Waals surface area contributed by atoms with Gasteiger partial charge in [-0.05, 0) is 24.1 Å². The standard InChI is InChI=1S/C13H14BrNO3/c14-11-3-1-2-9(6-11)7-12(16)15-5-4-10(8-15)13(17)18/h1-3,6,10H,4-5,7-8H2,(H,17,18). The Hall–Kier alpha value is -1.36. The normalized spacial score (nSPS) is 18.9. The van der Waals surface area contributed by atoms with E-state index in [1.807, 2.05) is 24.3 Å². The Morgan fingerprint density at radius 3 is 2.83 bits per heavy atom. The maximum atomic E-state index is 12.0. The van der Waals surface area contributed by atoms with Crippen LogP contribution in [0.5, 0.6) is 0 Å². The van der Waals surface area contributed by atoms with Crippen molar-refractivity contribution in [2.45, 2.75) is 12.8 Å². The first-order chi connectivity index (χ1) is 8.56. The summed E-state index contributed by atoms with van der Waals surface area (Å²) in [5.74, 6) is -1.22. The number of benzene rings is 1. The molecular weight excluding hydrogens is 298 g/mol. The highest BCUT2D eigenvalue weighted by Crippen LogP contribution is 2.18. The maximum Gasteiger partial charge on any atom is 0.308 e. The number of hydrogen-bond donors (Lipinski definition) is 1. The number of aliphatic carboxylic acids is 1. The third kappa shape index (κ3) is 3.10. The van der Waals surface area contributed by atoms with E-state index in [1.54, 1.807) is 4.90 Å². The van der Waals surface area contributed by atoms with Gasteiger partial charge in [-0.1, -0.05) is 28.1 Å². The van der Waals surface area contributed by atoms with E-state index < -0.39 is 11.9 Å². The Kier molecular flexibility index (Phi) is 4.01. The molecule has 1 amide bonds. The minimum atomic E-state index is -0.812. The number of nitrogens with zero attached hydrogens (tertiary/aromatic N) is 1. The predicted molar refractivity (Wildman–Crippen MR) is 70.2 cm³/mol. The van der Waals surface area contributed by atoms with E-state index in [0.29, 0.717) is 25.9 Å². The van der Waals surface area contributed by atoms with Crippen molar-refractivity contribution in [2.24, 2.45) is 5.92 Å². The molecule has 0 saturated carbocycles. The molecule has 18 heavy (non-hydrogen) atoms. The van der Waals surface area contributed by atoms with Gasteiger partial charge in [0.2, 0.25) is 5.91 Å². The van der Waals surface area contributed by atoms with E-state index in [-0.39, 0.29) is 5.91 Å². The van der Waals surface area contributed by atoms with Crippen molar-refractivity contribution in [3.63, 3.8) is 0 Å². The number of carbonyl (C=O) groups is 2. The molecule has 0 radical (unpaired) electrons. The monoisotopic (exact) mass is 311 g/mol. The van der Waals surface area contributed by atoms with Crippen molar-refractivity contribution in [3.8, 4) is 0 Å². The Labute approximate surface area is 114 Å². The summed E-state index contributed by atoms with van der Waals surface area (Å²) < 4.78 is 0.942. The van der Waals surface area contributed by atoms with Crippen molar-refractivity contribution < 1.29 is 14.7 Å². The maximum absolute atomic E-state index is 12.0. The van der Waals surface area contributed by atoms with Gasteiger partial charge in [0, 0.05) is 17.6 Å². The number of carbonyl (C=O) groups excluding carboxylic acids is 1. The van der Waals surface area contributed by atoms with Crippen molar-refractivity contribution in [1.29, 1.82) is 0 Å². The molecule has 2 rings (SSSR count). The molecule has 4 nitrogen and oxygen atoms in total. The van der Waals surface area contributed by atoms with Crippen molar-refractivity contribution in [2.75, 3.05) is 13.1 Å². The van der Waals surface area contributed by atoms with Crippen molar-refractivity contribution in [3.05, 3.63) is 34.3 Å². The van der Waals surface area contributed by atoms with E-state index in [4.69, 9.17) is 5.11 Å². The van der Waals surface area contributed by atoms with E-state index in [9.17, 15) is 9.59 Å². The SMILES string of the molecule is O=C(O)C1CCN(C(=O)Cc2cccc(Br)c2)C1. The van der Waals surface area contributed by atoms with Gasteiger partial charge in [0.25, 0.3) is 0 Å². The summed E-state index contributed by atoms with van der Waals surface area (Å²) in [7, 11) is 0. The highest BCUT2D eigenvalue weighted by atomic mass is 79.9. The van der Waals surface area contributed by atoms with E-state index in [1.165, 1.54) is 0 Å². The van der Waals surface area contributed by atoms with Gasteiger partial charge in [0.05, 0.1) is 12.3 Å². The third-order valence-electron chi connectivity index (χ3n) is 3.13. The highest BCUT2D eigenvalue weighted by molar-refractivity contribution is 9.10. The number of carboxylic acid groups (broad SMARTS) is 1. The van der Waals surface area contributed by atoms with Crippen LogP contribution in [0.15, 0.2) is 28.7 Å². The third-order valence-corrected chi connectivity index (χ3v) is 3.63. The fourth-order valence-corrected chi connectivity index (χ4v) is 2.57. The van der Waals surface area contributed by atoms with E-state index >= 15 is 0 Å². The number of rotatable bonds is 3. The first kappa shape index (κ1) is 13.1. The summed E-state index contributed by atoms with van der Waals surface area (Å²) in [6.45, 7) is 0.881. The van der Waals surface area contributed by atoms with Gasteiger partial charge in [-0.3, -0.25) is 9.59 Å². The first-order valence-electron chi connectivity index (χ1n) is 5.81. The van der Waals surface area contributed by atoms with Crippen LogP contribution < -0.4 is 0 Å². The minimum absolute atomic E-state index is 0.00292. The lowest BCUT2D eigenvalue weighted by atomic mass is 10.1. The number of halogens is 1. The number of amides is 1. The van der Waals surface area contributed by atoms with Crippen LogP contribution in [-0.4, -0.2) is 35.0 Å². The lowest BCUT2D eigenvalue weighted by Gasteiger charge is -2.15. The zero-order valence-corrected chi connectivity index (χ0v) is 11.4. The van der Waals surface area contributed by atoms with Gasteiger partial charge >= 0.3 is 5.97 Å². The molecule has 1 heterocycles. The largest absolute Gasteiger partial charge is 0.481 e. The first-order valence-corrected chi connectivity index (χ1v) is 6.60. The number of hydrogen-bond acceptors (Lipinski definition) is 2. The van der Waals surface area contributed by atoms with Crippen LogP contribution in [0, 0.1) is 5.92 Å². The van der Waals surface area contributed by atoms with Gasteiger partial charge in [-0.25, -0.2) is 0 Å². The molecule has 0 aliphatic carbocycles. The molecule has 1 aromatic carbocycles. The molecule has 96 valence electrons. The second kappa shape index (κ2) is 5.52. The van der Waals surface area contributed by atoms with Gasteiger partial charge in [-0.2, -0.15) is 0 Å². The molecule has 1 aliphatic heterocycles. The number of likely N-dealkylation sites (tertiary alicyclic amines) is 1. The van der Waals surface area contributed by atoms with Crippen molar-refractivity contribution in [1.82, 2.24) is 4.90 Å². The zero-order valence-electron chi connectivity index (χ0n) is 9.80. The summed E-state index contributed by atoms with van der Waals surface area (Å²) in [6, 6.07) is 7.59. The van der Waals surface area contributed by atoms with Gasteiger partial charge in [0.15, 0.2) is 0 Å². The Balaban J connectivity index is 1.95. The Morgan fingerprint density at radius 1 is 1.44 bits per heavy atom. The van der Waals surface area contributed by atoms with Crippen molar-refractivity contribution >= 4 is 27.8 Å². The van der Waals surface area contributed by atoms with E-state index in [2.05, 4.69) is 15.9 Å². The van der Waals surface area contributed by atoms with Gasteiger partial charge < -0.3 is 10.0 Å².